The number of hydrogen-bond donors (Lipinski definition) is 2. The van der Waals surface area contributed by atoms with Crippen LogP contribution >= 0.6 is 0 Å². The van der Waals surface area contributed by atoms with Crippen LogP contribution in [0.15, 0.2) is 0 Å². The summed E-state index contributed by atoms with van der Waals surface area (Å²) in [7, 11) is -2.99. The van der Waals surface area contributed by atoms with E-state index in [2.05, 4.69) is 0 Å². The standard InChI is InChI=1S/C10H21NO3S/c1-3-15(13,14)9-4-8(2)10(5-9,6-11)7-12/h8-9,12H,3-7,11H2,1-2H3. The van der Waals surface area contributed by atoms with Gasteiger partial charge in [0.1, 0.15) is 0 Å². The van der Waals surface area contributed by atoms with Gasteiger partial charge >= 0.3 is 0 Å². The first-order chi connectivity index (χ1) is 6.91. The molecule has 0 aliphatic heterocycles. The number of sulfone groups is 1. The van der Waals surface area contributed by atoms with Crippen LogP contribution in [-0.4, -0.2) is 37.7 Å². The first-order valence-electron chi connectivity index (χ1n) is 5.44. The molecule has 3 unspecified atom stereocenters. The second kappa shape index (κ2) is 4.39. The summed E-state index contributed by atoms with van der Waals surface area (Å²) in [6.45, 7) is 4.00. The van der Waals surface area contributed by atoms with Crippen LogP contribution in [0.5, 0.6) is 0 Å². The van der Waals surface area contributed by atoms with Gasteiger partial charge in [0.05, 0.1) is 11.9 Å². The Labute approximate surface area is 91.8 Å². The average Bonchev–Trinajstić information content (AvgIpc) is 2.57. The van der Waals surface area contributed by atoms with Gasteiger partial charge in [-0.2, -0.15) is 0 Å². The number of nitrogens with two attached hydrogens (primary N) is 1. The van der Waals surface area contributed by atoms with E-state index in [-0.39, 0.29) is 28.9 Å². The van der Waals surface area contributed by atoms with Crippen LogP contribution in [0, 0.1) is 11.3 Å². The Balaban J connectivity index is 2.89. The molecule has 5 heteroatoms. The van der Waals surface area contributed by atoms with Crippen molar-refractivity contribution in [2.75, 3.05) is 18.9 Å². The lowest BCUT2D eigenvalue weighted by atomic mass is 9.80. The van der Waals surface area contributed by atoms with Crippen molar-refractivity contribution in [2.45, 2.75) is 31.9 Å². The molecule has 0 aromatic heterocycles. The summed E-state index contributed by atoms with van der Waals surface area (Å²) in [5.74, 6) is 0.357. The van der Waals surface area contributed by atoms with E-state index < -0.39 is 9.84 Å². The minimum Gasteiger partial charge on any atom is -0.396 e. The van der Waals surface area contributed by atoms with E-state index in [1.807, 2.05) is 6.92 Å². The van der Waals surface area contributed by atoms with E-state index in [0.717, 1.165) is 0 Å². The summed E-state index contributed by atoms with van der Waals surface area (Å²) in [6.07, 6.45) is 1.14. The summed E-state index contributed by atoms with van der Waals surface area (Å²) in [5.41, 5.74) is 5.28. The van der Waals surface area contributed by atoms with Gasteiger partial charge in [0, 0.05) is 17.7 Å². The van der Waals surface area contributed by atoms with Crippen LogP contribution < -0.4 is 5.73 Å². The molecule has 1 rings (SSSR count). The largest absolute Gasteiger partial charge is 0.396 e. The molecule has 1 saturated carbocycles. The van der Waals surface area contributed by atoms with E-state index >= 15 is 0 Å². The molecule has 3 atom stereocenters. The fourth-order valence-electron chi connectivity index (χ4n) is 2.46. The molecule has 0 aromatic rings. The van der Waals surface area contributed by atoms with Gasteiger partial charge in [-0.05, 0) is 18.8 Å². The third-order valence-corrected chi connectivity index (χ3v) is 6.11. The Morgan fingerprint density at radius 2 is 2.13 bits per heavy atom. The van der Waals surface area contributed by atoms with Crippen molar-refractivity contribution < 1.29 is 13.5 Å². The maximum Gasteiger partial charge on any atom is 0.152 e. The van der Waals surface area contributed by atoms with Crippen molar-refractivity contribution in [1.82, 2.24) is 0 Å². The Morgan fingerprint density at radius 3 is 2.47 bits per heavy atom. The van der Waals surface area contributed by atoms with Crippen molar-refractivity contribution >= 4 is 9.84 Å². The van der Waals surface area contributed by atoms with Gasteiger partial charge in [0.15, 0.2) is 9.84 Å². The Morgan fingerprint density at radius 1 is 1.53 bits per heavy atom. The van der Waals surface area contributed by atoms with Gasteiger partial charge < -0.3 is 10.8 Å². The van der Waals surface area contributed by atoms with Crippen LogP contribution in [0.25, 0.3) is 0 Å². The molecule has 15 heavy (non-hydrogen) atoms. The zero-order valence-corrected chi connectivity index (χ0v) is 10.3. The van der Waals surface area contributed by atoms with Gasteiger partial charge in [-0.1, -0.05) is 13.8 Å². The molecule has 0 heterocycles. The zero-order chi connectivity index (χ0) is 11.7. The monoisotopic (exact) mass is 235 g/mol. The van der Waals surface area contributed by atoms with Crippen molar-refractivity contribution in [2.24, 2.45) is 17.1 Å². The van der Waals surface area contributed by atoms with Crippen LogP contribution in [0.1, 0.15) is 26.7 Å². The average molecular weight is 235 g/mol. The summed E-state index contributed by atoms with van der Waals surface area (Å²) in [5, 5.41) is 9.06. The topological polar surface area (TPSA) is 80.4 Å². The Bertz CT molecular complexity index is 309. The smallest absolute Gasteiger partial charge is 0.152 e. The number of rotatable bonds is 4. The molecule has 0 amide bonds. The van der Waals surface area contributed by atoms with Crippen LogP contribution in [0.4, 0.5) is 0 Å². The van der Waals surface area contributed by atoms with Crippen molar-refractivity contribution in [3.8, 4) is 0 Å². The lowest BCUT2D eigenvalue weighted by Gasteiger charge is -2.29. The van der Waals surface area contributed by atoms with E-state index in [1.165, 1.54) is 0 Å². The second-order valence-corrected chi connectivity index (χ2v) is 7.21. The van der Waals surface area contributed by atoms with E-state index in [9.17, 15) is 13.5 Å². The predicted molar refractivity (Wildman–Crippen MR) is 60.2 cm³/mol. The summed E-state index contributed by atoms with van der Waals surface area (Å²) < 4.78 is 23.5. The Kier molecular flexibility index (Phi) is 3.79. The van der Waals surface area contributed by atoms with Gasteiger partial charge in [-0.15, -0.1) is 0 Å². The van der Waals surface area contributed by atoms with Crippen molar-refractivity contribution in [1.29, 1.82) is 0 Å². The van der Waals surface area contributed by atoms with E-state index in [4.69, 9.17) is 5.73 Å². The molecule has 0 saturated heterocycles. The highest BCUT2D eigenvalue weighted by atomic mass is 32.2. The van der Waals surface area contributed by atoms with Crippen LogP contribution in [-0.2, 0) is 9.84 Å². The summed E-state index contributed by atoms with van der Waals surface area (Å²) >= 11 is 0. The lowest BCUT2D eigenvalue weighted by molar-refractivity contribution is 0.0996. The predicted octanol–water partition coefficient (Wildman–Crippen LogP) is 0.157. The maximum atomic E-state index is 11.7. The molecule has 1 aliphatic rings. The fraction of sp³-hybridized carbons (Fsp3) is 1.00. The molecule has 1 fully saturated rings. The van der Waals surface area contributed by atoms with Gasteiger partial charge in [0.2, 0.25) is 0 Å². The first-order valence-corrected chi connectivity index (χ1v) is 7.16. The number of aliphatic hydroxyl groups is 1. The quantitative estimate of drug-likeness (QED) is 0.727. The number of aliphatic hydroxyl groups excluding tert-OH is 1. The molecule has 90 valence electrons. The third kappa shape index (κ3) is 2.19. The minimum absolute atomic E-state index is 0.0135. The minimum atomic E-state index is -2.99. The normalized spacial score (nSPS) is 37.1. The second-order valence-electron chi connectivity index (χ2n) is 4.64. The highest BCUT2D eigenvalue weighted by Crippen LogP contribution is 2.44. The molecular formula is C10H21NO3S. The summed E-state index contributed by atoms with van der Waals surface area (Å²) in [6, 6.07) is 0. The highest BCUT2D eigenvalue weighted by Gasteiger charge is 2.47. The van der Waals surface area contributed by atoms with Crippen molar-refractivity contribution in [3.63, 3.8) is 0 Å². The lowest BCUT2D eigenvalue weighted by Crippen LogP contribution is -2.37. The molecule has 0 aromatic carbocycles. The first kappa shape index (κ1) is 12.9. The third-order valence-electron chi connectivity index (χ3n) is 3.93. The molecular weight excluding hydrogens is 214 g/mol. The van der Waals surface area contributed by atoms with Crippen LogP contribution in [0.2, 0.25) is 0 Å². The molecule has 3 N–H and O–H groups in total. The van der Waals surface area contributed by atoms with Gasteiger partial charge in [-0.3, -0.25) is 0 Å². The SMILES string of the molecule is CCS(=O)(=O)C1CC(C)C(CN)(CO)C1. The fourth-order valence-corrected chi connectivity index (χ4v) is 4.10. The van der Waals surface area contributed by atoms with Gasteiger partial charge in [-0.25, -0.2) is 8.42 Å². The molecule has 0 bridgehead atoms. The van der Waals surface area contributed by atoms with E-state index in [0.29, 0.717) is 19.4 Å². The van der Waals surface area contributed by atoms with Gasteiger partial charge in [0.25, 0.3) is 0 Å². The maximum absolute atomic E-state index is 11.7. The Hall–Kier alpha value is -0.130. The zero-order valence-electron chi connectivity index (χ0n) is 9.44. The number of hydrogen-bond acceptors (Lipinski definition) is 4. The summed E-state index contributed by atoms with van der Waals surface area (Å²) in [4.78, 5) is 0. The molecule has 4 nitrogen and oxygen atoms in total. The van der Waals surface area contributed by atoms with Crippen LogP contribution in [0.3, 0.4) is 0 Å². The molecule has 1 aliphatic carbocycles. The molecule has 0 radical (unpaired) electrons. The van der Waals surface area contributed by atoms with E-state index in [1.54, 1.807) is 6.92 Å². The highest BCUT2D eigenvalue weighted by molar-refractivity contribution is 7.92. The van der Waals surface area contributed by atoms with Crippen molar-refractivity contribution in [3.05, 3.63) is 0 Å². The molecule has 0 spiro atoms.